The maximum Gasteiger partial charge on any atom is 0.224 e. The number of aryl methyl sites for hydroxylation is 1. The van der Waals surface area contributed by atoms with Crippen LogP contribution in [0.4, 0.5) is 0 Å². The predicted octanol–water partition coefficient (Wildman–Crippen LogP) is 3.46. The van der Waals surface area contributed by atoms with E-state index in [4.69, 9.17) is 0 Å². The van der Waals surface area contributed by atoms with Gasteiger partial charge in [0.1, 0.15) is 11.6 Å². The zero-order chi connectivity index (χ0) is 17.9. The fraction of sp³-hybridized carbons (Fsp3) is 0.238. The highest BCUT2D eigenvalue weighted by Gasteiger charge is 2.24. The van der Waals surface area contributed by atoms with Gasteiger partial charge in [-0.3, -0.25) is 4.79 Å². The maximum absolute atomic E-state index is 12.4. The summed E-state index contributed by atoms with van der Waals surface area (Å²) in [5, 5.41) is 13.3. The van der Waals surface area contributed by atoms with E-state index in [-0.39, 0.29) is 18.1 Å². The molecule has 1 aliphatic heterocycles. The third kappa shape index (κ3) is 3.20. The molecule has 2 aromatic carbocycles. The lowest BCUT2D eigenvalue weighted by Crippen LogP contribution is -2.27. The second-order valence-corrected chi connectivity index (χ2v) is 6.51. The Hall–Kier alpha value is -3.08. The molecule has 3 aromatic rings. The lowest BCUT2D eigenvalue weighted by molar-refractivity contribution is -0.120. The largest absolute Gasteiger partial charge is 0.512 e. The van der Waals surface area contributed by atoms with E-state index < -0.39 is 0 Å². The van der Waals surface area contributed by atoms with E-state index in [0.717, 1.165) is 17.5 Å². The molecular formula is C21H21N3O2. The van der Waals surface area contributed by atoms with Gasteiger partial charge in [0.05, 0.1) is 17.5 Å². The van der Waals surface area contributed by atoms with Crippen LogP contribution in [-0.4, -0.2) is 27.1 Å². The standard InChI is InChI=1S/C21H21N3O2/c25-19-11-13-24-18-9-5-4-8-17(18)23-21(24)16(19)14-20(26)22-12-10-15-6-2-1-3-7-15/h1-9,25H,10-14H2,(H,22,26). The van der Waals surface area contributed by atoms with Crippen LogP contribution in [0.2, 0.25) is 0 Å². The quantitative estimate of drug-likeness (QED) is 0.743. The normalized spacial score (nSPS) is 13.7. The first-order chi connectivity index (χ1) is 12.7. The molecule has 2 N–H and O–H groups in total. The zero-order valence-corrected chi connectivity index (χ0v) is 14.5. The van der Waals surface area contributed by atoms with E-state index in [1.54, 1.807) is 0 Å². The number of imidazole rings is 1. The third-order valence-electron chi connectivity index (χ3n) is 4.76. The summed E-state index contributed by atoms with van der Waals surface area (Å²) in [6, 6.07) is 18.0. The van der Waals surface area contributed by atoms with E-state index in [2.05, 4.69) is 14.9 Å². The molecule has 0 radical (unpaired) electrons. The molecule has 5 nitrogen and oxygen atoms in total. The van der Waals surface area contributed by atoms with Crippen molar-refractivity contribution in [1.82, 2.24) is 14.9 Å². The Labute approximate surface area is 152 Å². The predicted molar refractivity (Wildman–Crippen MR) is 102 cm³/mol. The van der Waals surface area contributed by atoms with Crippen molar-refractivity contribution in [3.8, 4) is 0 Å². The molecule has 26 heavy (non-hydrogen) atoms. The molecular weight excluding hydrogens is 326 g/mol. The fourth-order valence-corrected chi connectivity index (χ4v) is 3.42. The molecule has 5 heteroatoms. The number of aromatic nitrogens is 2. The van der Waals surface area contributed by atoms with Gasteiger partial charge in [-0.05, 0) is 24.1 Å². The van der Waals surface area contributed by atoms with E-state index in [1.165, 1.54) is 5.56 Å². The van der Waals surface area contributed by atoms with Crippen molar-refractivity contribution < 1.29 is 9.90 Å². The average Bonchev–Trinajstić information content (AvgIpc) is 3.04. The number of aliphatic hydroxyl groups is 1. The lowest BCUT2D eigenvalue weighted by Gasteiger charge is -2.19. The number of hydrogen-bond donors (Lipinski definition) is 2. The van der Waals surface area contributed by atoms with Crippen LogP contribution < -0.4 is 5.32 Å². The molecule has 1 amide bonds. The van der Waals surface area contributed by atoms with Crippen LogP contribution in [0, 0.1) is 0 Å². The summed E-state index contributed by atoms with van der Waals surface area (Å²) in [5.41, 5.74) is 3.75. The minimum atomic E-state index is -0.0945. The van der Waals surface area contributed by atoms with E-state index in [1.807, 2.05) is 54.6 Å². The SMILES string of the molecule is O=C(CC1=C(O)CCn2c1nc1ccccc12)NCCc1ccccc1. The number of nitrogens with zero attached hydrogens (tertiary/aromatic N) is 2. The zero-order valence-electron chi connectivity index (χ0n) is 14.5. The van der Waals surface area contributed by atoms with Crippen molar-refractivity contribution in [1.29, 1.82) is 0 Å². The van der Waals surface area contributed by atoms with Crippen LogP contribution in [0.1, 0.15) is 24.2 Å². The highest BCUT2D eigenvalue weighted by molar-refractivity contribution is 5.90. The maximum atomic E-state index is 12.4. The van der Waals surface area contributed by atoms with Crippen molar-refractivity contribution in [2.24, 2.45) is 0 Å². The molecule has 0 fully saturated rings. The second-order valence-electron chi connectivity index (χ2n) is 6.51. The Balaban J connectivity index is 1.46. The second kappa shape index (κ2) is 7.04. The Morgan fingerprint density at radius 1 is 1.12 bits per heavy atom. The Morgan fingerprint density at radius 3 is 2.73 bits per heavy atom. The number of amides is 1. The molecule has 132 valence electrons. The van der Waals surface area contributed by atoms with Gasteiger partial charge in [0.2, 0.25) is 5.91 Å². The van der Waals surface area contributed by atoms with Crippen molar-refractivity contribution in [3.05, 3.63) is 71.7 Å². The summed E-state index contributed by atoms with van der Waals surface area (Å²) >= 11 is 0. The first-order valence-electron chi connectivity index (χ1n) is 8.89. The number of nitrogens with one attached hydrogen (secondary N) is 1. The van der Waals surface area contributed by atoms with Gasteiger partial charge < -0.3 is 15.0 Å². The number of allylic oxidation sites excluding steroid dienone is 1. The van der Waals surface area contributed by atoms with Gasteiger partial charge in [-0.1, -0.05) is 42.5 Å². The Bertz CT molecular complexity index is 973. The van der Waals surface area contributed by atoms with Gasteiger partial charge in [-0.2, -0.15) is 0 Å². The van der Waals surface area contributed by atoms with E-state index in [9.17, 15) is 9.90 Å². The minimum absolute atomic E-state index is 0.0945. The molecule has 0 aliphatic carbocycles. The van der Waals surface area contributed by atoms with Crippen molar-refractivity contribution in [2.75, 3.05) is 6.54 Å². The fourth-order valence-electron chi connectivity index (χ4n) is 3.42. The number of benzene rings is 2. The van der Waals surface area contributed by atoms with E-state index >= 15 is 0 Å². The van der Waals surface area contributed by atoms with Crippen LogP contribution in [0.25, 0.3) is 16.6 Å². The highest BCUT2D eigenvalue weighted by atomic mass is 16.3. The summed E-state index contributed by atoms with van der Waals surface area (Å²) < 4.78 is 2.08. The van der Waals surface area contributed by atoms with Crippen LogP contribution >= 0.6 is 0 Å². The van der Waals surface area contributed by atoms with Gasteiger partial charge in [-0.15, -0.1) is 0 Å². The molecule has 0 atom stereocenters. The number of para-hydroxylation sites is 2. The molecule has 1 aliphatic rings. The van der Waals surface area contributed by atoms with E-state index in [0.29, 0.717) is 30.9 Å². The van der Waals surface area contributed by atoms with Crippen LogP contribution in [0.5, 0.6) is 0 Å². The molecule has 0 spiro atoms. The molecule has 0 saturated carbocycles. The lowest BCUT2D eigenvalue weighted by atomic mass is 10.0. The number of hydrogen-bond acceptors (Lipinski definition) is 3. The number of aliphatic hydroxyl groups excluding tert-OH is 1. The van der Waals surface area contributed by atoms with Crippen LogP contribution in [-0.2, 0) is 17.8 Å². The third-order valence-corrected chi connectivity index (χ3v) is 4.76. The first-order valence-corrected chi connectivity index (χ1v) is 8.89. The molecule has 0 unspecified atom stereocenters. The number of rotatable bonds is 5. The molecule has 4 rings (SSSR count). The molecule has 0 bridgehead atoms. The van der Waals surface area contributed by atoms with Crippen molar-refractivity contribution in [2.45, 2.75) is 25.8 Å². The monoisotopic (exact) mass is 347 g/mol. The molecule has 1 aromatic heterocycles. The average molecular weight is 347 g/mol. The summed E-state index contributed by atoms with van der Waals surface area (Å²) in [5.74, 6) is 0.877. The van der Waals surface area contributed by atoms with Gasteiger partial charge >= 0.3 is 0 Å². The van der Waals surface area contributed by atoms with Crippen LogP contribution in [0.15, 0.2) is 60.4 Å². The topological polar surface area (TPSA) is 67.1 Å². The highest BCUT2D eigenvalue weighted by Crippen LogP contribution is 2.31. The number of carbonyl (C=O) groups is 1. The molecule has 0 saturated heterocycles. The summed E-state index contributed by atoms with van der Waals surface area (Å²) in [6.45, 7) is 1.26. The van der Waals surface area contributed by atoms with Crippen molar-refractivity contribution >= 4 is 22.5 Å². The number of carbonyl (C=O) groups excluding carboxylic acids is 1. The number of fused-ring (bicyclic) bond motifs is 3. The minimum Gasteiger partial charge on any atom is -0.512 e. The van der Waals surface area contributed by atoms with Crippen molar-refractivity contribution in [3.63, 3.8) is 0 Å². The van der Waals surface area contributed by atoms with Crippen LogP contribution in [0.3, 0.4) is 0 Å². The Kier molecular flexibility index (Phi) is 4.44. The summed E-state index contributed by atoms with van der Waals surface area (Å²) in [4.78, 5) is 17.0. The van der Waals surface area contributed by atoms with Gasteiger partial charge in [-0.25, -0.2) is 4.98 Å². The summed E-state index contributed by atoms with van der Waals surface area (Å²) in [7, 11) is 0. The van der Waals surface area contributed by atoms with Gasteiger partial charge in [0.25, 0.3) is 0 Å². The summed E-state index contributed by atoms with van der Waals surface area (Å²) in [6.07, 6.45) is 1.46. The smallest absolute Gasteiger partial charge is 0.224 e. The molecule has 2 heterocycles. The van der Waals surface area contributed by atoms with Gasteiger partial charge in [0, 0.05) is 25.1 Å². The van der Waals surface area contributed by atoms with Gasteiger partial charge in [0.15, 0.2) is 0 Å². The Morgan fingerprint density at radius 2 is 1.88 bits per heavy atom. The first kappa shape index (κ1) is 16.4.